The highest BCUT2D eigenvalue weighted by atomic mass is 31.2. The molecule has 0 saturated heterocycles. The fraction of sp³-hybridized carbons (Fsp3) is 0.455. The van der Waals surface area contributed by atoms with Gasteiger partial charge in [-0.25, -0.2) is 4.79 Å². The SMILES string of the molecule is Cc1cn([C@H]2C=C[C@@H](CCP(=O)(O)O)O2)c(=O)[nH]c1=O. The Morgan fingerprint density at radius 2 is 2.10 bits per heavy atom. The van der Waals surface area contributed by atoms with Crippen LogP contribution in [-0.2, 0) is 9.30 Å². The van der Waals surface area contributed by atoms with E-state index >= 15 is 0 Å². The predicted octanol–water partition coefficient (Wildman–Crippen LogP) is -0.134. The lowest BCUT2D eigenvalue weighted by Crippen LogP contribution is -2.33. The smallest absolute Gasteiger partial charge is 0.330 e. The molecule has 0 aliphatic carbocycles. The molecule has 2 atom stereocenters. The van der Waals surface area contributed by atoms with Crippen LogP contribution in [0.1, 0.15) is 18.2 Å². The van der Waals surface area contributed by atoms with Crippen LogP contribution in [0.4, 0.5) is 0 Å². The van der Waals surface area contributed by atoms with Gasteiger partial charge in [0.2, 0.25) is 0 Å². The van der Waals surface area contributed by atoms with E-state index in [0.29, 0.717) is 5.56 Å². The number of ether oxygens (including phenoxy) is 1. The predicted molar refractivity (Wildman–Crippen MR) is 70.6 cm³/mol. The molecule has 1 aromatic rings. The summed E-state index contributed by atoms with van der Waals surface area (Å²) in [5.41, 5.74) is -0.669. The van der Waals surface area contributed by atoms with Crippen molar-refractivity contribution in [1.29, 1.82) is 0 Å². The first-order chi connectivity index (χ1) is 9.26. The second-order valence-corrected chi connectivity index (χ2v) is 6.38. The molecular formula is C11H15N2O6P. The van der Waals surface area contributed by atoms with Crippen molar-refractivity contribution in [3.63, 3.8) is 0 Å². The molecule has 0 radical (unpaired) electrons. The first kappa shape index (κ1) is 14.9. The minimum absolute atomic E-state index is 0.161. The molecule has 0 bridgehead atoms. The Morgan fingerprint density at radius 3 is 2.75 bits per heavy atom. The van der Waals surface area contributed by atoms with E-state index in [0.717, 1.165) is 0 Å². The van der Waals surface area contributed by atoms with E-state index < -0.39 is 31.2 Å². The number of aromatic amines is 1. The van der Waals surface area contributed by atoms with Gasteiger partial charge in [-0.1, -0.05) is 6.08 Å². The third kappa shape index (κ3) is 3.55. The Morgan fingerprint density at radius 1 is 1.40 bits per heavy atom. The van der Waals surface area contributed by atoms with Crippen LogP contribution in [0.2, 0.25) is 0 Å². The zero-order valence-electron chi connectivity index (χ0n) is 10.7. The fourth-order valence-corrected chi connectivity index (χ4v) is 2.47. The second-order valence-electron chi connectivity index (χ2n) is 4.61. The van der Waals surface area contributed by atoms with Gasteiger partial charge in [-0.3, -0.25) is 18.9 Å². The van der Waals surface area contributed by atoms with Crippen molar-refractivity contribution in [2.24, 2.45) is 0 Å². The second kappa shape index (κ2) is 5.49. The van der Waals surface area contributed by atoms with Gasteiger partial charge in [0.05, 0.1) is 12.3 Å². The third-order valence-electron chi connectivity index (χ3n) is 2.93. The molecule has 0 spiro atoms. The average Bonchev–Trinajstić information content (AvgIpc) is 2.79. The van der Waals surface area contributed by atoms with E-state index in [1.807, 2.05) is 0 Å². The van der Waals surface area contributed by atoms with Gasteiger partial charge >= 0.3 is 13.3 Å². The van der Waals surface area contributed by atoms with E-state index in [2.05, 4.69) is 4.98 Å². The molecule has 0 saturated carbocycles. The van der Waals surface area contributed by atoms with Crippen LogP contribution in [0.3, 0.4) is 0 Å². The molecule has 0 amide bonds. The molecule has 0 aromatic carbocycles. The quantitative estimate of drug-likeness (QED) is 0.526. The molecule has 20 heavy (non-hydrogen) atoms. The number of hydrogen-bond donors (Lipinski definition) is 3. The van der Waals surface area contributed by atoms with Crippen LogP contribution in [0.5, 0.6) is 0 Å². The van der Waals surface area contributed by atoms with Gasteiger partial charge in [-0.05, 0) is 19.4 Å². The maximum absolute atomic E-state index is 11.7. The van der Waals surface area contributed by atoms with Gasteiger partial charge < -0.3 is 14.5 Å². The summed E-state index contributed by atoms with van der Waals surface area (Å²) >= 11 is 0. The molecule has 9 heteroatoms. The molecule has 1 aliphatic rings. The Labute approximate surface area is 113 Å². The first-order valence-electron chi connectivity index (χ1n) is 5.97. The zero-order valence-corrected chi connectivity index (χ0v) is 11.6. The van der Waals surface area contributed by atoms with Crippen LogP contribution >= 0.6 is 7.60 Å². The van der Waals surface area contributed by atoms with Crippen LogP contribution < -0.4 is 11.2 Å². The highest BCUT2D eigenvalue weighted by Crippen LogP contribution is 2.36. The molecular weight excluding hydrogens is 287 g/mol. The number of aryl methyl sites for hydroxylation is 1. The molecule has 3 N–H and O–H groups in total. The Balaban J connectivity index is 2.09. The third-order valence-corrected chi connectivity index (χ3v) is 3.77. The van der Waals surface area contributed by atoms with Crippen molar-refractivity contribution < 1.29 is 19.1 Å². The fourth-order valence-electron chi connectivity index (χ4n) is 1.88. The van der Waals surface area contributed by atoms with Crippen LogP contribution in [0, 0.1) is 6.92 Å². The van der Waals surface area contributed by atoms with E-state index in [9.17, 15) is 14.2 Å². The van der Waals surface area contributed by atoms with E-state index in [1.165, 1.54) is 10.8 Å². The summed E-state index contributed by atoms with van der Waals surface area (Å²) in [5, 5.41) is 0. The number of nitrogens with zero attached hydrogens (tertiary/aromatic N) is 1. The van der Waals surface area contributed by atoms with Crippen molar-refractivity contribution in [3.8, 4) is 0 Å². The summed E-state index contributed by atoms with van der Waals surface area (Å²) in [6.07, 6.45) is 3.38. The van der Waals surface area contributed by atoms with Crippen molar-refractivity contribution in [2.75, 3.05) is 6.16 Å². The molecule has 110 valence electrons. The number of aromatic nitrogens is 2. The van der Waals surface area contributed by atoms with Crippen molar-refractivity contribution in [2.45, 2.75) is 25.7 Å². The van der Waals surface area contributed by atoms with E-state index in [4.69, 9.17) is 14.5 Å². The Hall–Kier alpha value is -1.47. The zero-order chi connectivity index (χ0) is 14.9. The molecule has 1 aliphatic heterocycles. The lowest BCUT2D eigenvalue weighted by molar-refractivity contribution is 0.0138. The van der Waals surface area contributed by atoms with Crippen LogP contribution in [0.25, 0.3) is 0 Å². The average molecular weight is 302 g/mol. The van der Waals surface area contributed by atoms with Gasteiger partial charge in [0.15, 0.2) is 6.23 Å². The molecule has 2 heterocycles. The van der Waals surface area contributed by atoms with Gasteiger partial charge in [0.1, 0.15) is 0 Å². The maximum Gasteiger partial charge on any atom is 0.330 e. The normalized spacial score (nSPS) is 22.4. The largest absolute Gasteiger partial charge is 0.347 e. The summed E-state index contributed by atoms with van der Waals surface area (Å²) in [6, 6.07) is 0. The maximum atomic E-state index is 11.7. The summed E-state index contributed by atoms with van der Waals surface area (Å²) in [6.45, 7) is 1.57. The number of rotatable bonds is 4. The van der Waals surface area contributed by atoms with Crippen molar-refractivity contribution in [1.82, 2.24) is 9.55 Å². The van der Waals surface area contributed by atoms with Gasteiger partial charge in [0, 0.05) is 11.8 Å². The lowest BCUT2D eigenvalue weighted by atomic mass is 10.3. The van der Waals surface area contributed by atoms with Crippen molar-refractivity contribution >= 4 is 7.60 Å². The number of hydrogen-bond acceptors (Lipinski definition) is 4. The van der Waals surface area contributed by atoms with Gasteiger partial charge in [0.25, 0.3) is 5.56 Å². The summed E-state index contributed by atoms with van der Waals surface area (Å²) in [7, 11) is -4.06. The number of nitrogens with one attached hydrogen (secondary N) is 1. The monoisotopic (exact) mass is 302 g/mol. The summed E-state index contributed by atoms with van der Waals surface area (Å²) < 4.78 is 17.5. The van der Waals surface area contributed by atoms with E-state index in [-0.39, 0.29) is 12.6 Å². The minimum atomic E-state index is -4.06. The molecule has 8 nitrogen and oxygen atoms in total. The number of H-pyrrole nitrogens is 1. The van der Waals surface area contributed by atoms with E-state index in [1.54, 1.807) is 19.1 Å². The van der Waals surface area contributed by atoms with Gasteiger partial charge in [-0.2, -0.15) is 0 Å². The molecule has 2 rings (SSSR count). The minimum Gasteiger partial charge on any atom is -0.347 e. The lowest BCUT2D eigenvalue weighted by Gasteiger charge is -2.16. The Bertz CT molecular complexity index is 685. The van der Waals surface area contributed by atoms with Crippen molar-refractivity contribution in [3.05, 3.63) is 44.8 Å². The first-order valence-corrected chi connectivity index (χ1v) is 7.76. The molecule has 0 unspecified atom stereocenters. The summed E-state index contributed by atoms with van der Waals surface area (Å²) in [5.74, 6) is 0. The van der Waals surface area contributed by atoms with Gasteiger partial charge in [-0.15, -0.1) is 0 Å². The van der Waals surface area contributed by atoms with Crippen LogP contribution in [0.15, 0.2) is 27.9 Å². The summed E-state index contributed by atoms with van der Waals surface area (Å²) in [4.78, 5) is 42.7. The molecule has 1 aromatic heterocycles. The standard InChI is InChI=1S/C11H15N2O6P/c1-7-6-13(11(15)12-10(7)14)9-3-2-8(19-9)4-5-20(16,17)18/h2-3,6,8-9H,4-5H2,1H3,(H,12,14,15)(H2,16,17,18)/t8-,9+/m0/s1. The molecule has 0 fully saturated rings. The van der Waals surface area contributed by atoms with Crippen LogP contribution in [-0.4, -0.2) is 31.6 Å². The highest BCUT2D eigenvalue weighted by Gasteiger charge is 2.24. The Kier molecular flexibility index (Phi) is 4.10. The topological polar surface area (TPSA) is 122 Å². The highest BCUT2D eigenvalue weighted by molar-refractivity contribution is 7.51.